The van der Waals surface area contributed by atoms with Gasteiger partial charge < -0.3 is 15.7 Å². The number of rotatable bonds is 6. The molecular formula is C15H22N2O2S. The Bertz CT molecular complexity index is 487. The van der Waals surface area contributed by atoms with Gasteiger partial charge in [-0.3, -0.25) is 0 Å². The number of thioether (sulfide) groups is 1. The molecule has 0 bridgehead atoms. The molecule has 20 heavy (non-hydrogen) atoms. The van der Waals surface area contributed by atoms with Crippen LogP contribution in [0.5, 0.6) is 0 Å². The van der Waals surface area contributed by atoms with Crippen molar-refractivity contribution in [3.63, 3.8) is 0 Å². The van der Waals surface area contributed by atoms with E-state index in [4.69, 9.17) is 0 Å². The van der Waals surface area contributed by atoms with E-state index in [1.807, 2.05) is 6.26 Å². The zero-order chi connectivity index (χ0) is 14.6. The molecule has 0 unspecified atom stereocenters. The van der Waals surface area contributed by atoms with Crippen molar-refractivity contribution in [2.24, 2.45) is 5.41 Å². The van der Waals surface area contributed by atoms with Crippen LogP contribution in [0, 0.1) is 12.3 Å². The Morgan fingerprint density at radius 3 is 2.75 bits per heavy atom. The third-order valence-corrected chi connectivity index (χ3v) is 4.62. The molecule has 5 heteroatoms. The van der Waals surface area contributed by atoms with Gasteiger partial charge >= 0.3 is 6.03 Å². The molecule has 0 heterocycles. The summed E-state index contributed by atoms with van der Waals surface area (Å²) in [7, 11) is 0. The van der Waals surface area contributed by atoms with Crippen molar-refractivity contribution in [1.29, 1.82) is 0 Å². The van der Waals surface area contributed by atoms with Crippen LogP contribution in [0.4, 0.5) is 4.79 Å². The molecule has 1 aliphatic rings. The lowest BCUT2D eigenvalue weighted by molar-refractivity contribution is 0.203. The van der Waals surface area contributed by atoms with Crippen molar-refractivity contribution in [2.75, 3.05) is 19.4 Å². The smallest absolute Gasteiger partial charge is 0.315 e. The number of hydrogen-bond acceptors (Lipinski definition) is 3. The second kappa shape index (κ2) is 6.50. The summed E-state index contributed by atoms with van der Waals surface area (Å²) < 4.78 is 0. The van der Waals surface area contributed by atoms with E-state index in [0.717, 1.165) is 18.4 Å². The van der Waals surface area contributed by atoms with Crippen LogP contribution < -0.4 is 10.6 Å². The summed E-state index contributed by atoms with van der Waals surface area (Å²) in [5.41, 5.74) is 2.30. The van der Waals surface area contributed by atoms with Crippen LogP contribution in [0.2, 0.25) is 0 Å². The minimum absolute atomic E-state index is 0.0500. The summed E-state index contributed by atoms with van der Waals surface area (Å²) in [6.45, 7) is 3.29. The van der Waals surface area contributed by atoms with Crippen molar-refractivity contribution < 1.29 is 9.90 Å². The van der Waals surface area contributed by atoms with Gasteiger partial charge in [-0.05, 0) is 43.2 Å². The Morgan fingerprint density at radius 1 is 1.40 bits per heavy atom. The normalized spacial score (nSPS) is 15.8. The second-order valence-electron chi connectivity index (χ2n) is 5.51. The average molecular weight is 294 g/mol. The van der Waals surface area contributed by atoms with Crippen LogP contribution in [0.15, 0.2) is 23.1 Å². The Morgan fingerprint density at radius 2 is 2.15 bits per heavy atom. The summed E-state index contributed by atoms with van der Waals surface area (Å²) in [6.07, 6.45) is 4.03. The summed E-state index contributed by atoms with van der Waals surface area (Å²) in [6, 6.07) is 6.07. The molecule has 4 nitrogen and oxygen atoms in total. The van der Waals surface area contributed by atoms with Crippen LogP contribution in [0.25, 0.3) is 0 Å². The molecule has 2 amide bonds. The minimum Gasteiger partial charge on any atom is -0.396 e. The predicted molar refractivity (Wildman–Crippen MR) is 82.0 cm³/mol. The maximum atomic E-state index is 11.8. The van der Waals surface area contributed by atoms with E-state index < -0.39 is 0 Å². The zero-order valence-electron chi connectivity index (χ0n) is 12.0. The van der Waals surface area contributed by atoms with Gasteiger partial charge in [0.25, 0.3) is 0 Å². The molecule has 1 aromatic rings. The zero-order valence-corrected chi connectivity index (χ0v) is 12.8. The SMILES string of the molecule is CSc1cc(C)ccc1CNC(=O)NCC1(CO)CC1. The van der Waals surface area contributed by atoms with Crippen molar-refractivity contribution in [3.05, 3.63) is 29.3 Å². The molecule has 2 rings (SSSR count). The maximum Gasteiger partial charge on any atom is 0.315 e. The lowest BCUT2D eigenvalue weighted by atomic mass is 10.1. The fraction of sp³-hybridized carbons (Fsp3) is 0.533. The number of nitrogens with one attached hydrogen (secondary N) is 2. The van der Waals surface area contributed by atoms with Crippen molar-refractivity contribution in [3.8, 4) is 0 Å². The van der Waals surface area contributed by atoms with Gasteiger partial charge in [0.15, 0.2) is 0 Å². The molecule has 0 aliphatic heterocycles. The molecule has 3 N–H and O–H groups in total. The van der Waals surface area contributed by atoms with Gasteiger partial charge in [-0.1, -0.05) is 12.1 Å². The molecule has 1 fully saturated rings. The summed E-state index contributed by atoms with van der Waals surface area (Å²) in [5.74, 6) is 0. The number of carbonyl (C=O) groups excluding carboxylic acids is 1. The van der Waals surface area contributed by atoms with Gasteiger partial charge in [0.05, 0.1) is 6.61 Å². The van der Waals surface area contributed by atoms with Gasteiger partial charge in [-0.2, -0.15) is 0 Å². The van der Waals surface area contributed by atoms with Crippen LogP contribution >= 0.6 is 11.8 Å². The molecule has 1 saturated carbocycles. The molecule has 1 aromatic carbocycles. The number of hydrogen-bond donors (Lipinski definition) is 3. The van der Waals surface area contributed by atoms with Gasteiger partial charge in [0.2, 0.25) is 0 Å². The van der Waals surface area contributed by atoms with E-state index in [9.17, 15) is 9.90 Å². The Balaban J connectivity index is 1.81. The van der Waals surface area contributed by atoms with Crippen molar-refractivity contribution >= 4 is 17.8 Å². The first-order valence-electron chi connectivity index (χ1n) is 6.85. The third-order valence-electron chi connectivity index (χ3n) is 3.80. The van der Waals surface area contributed by atoms with E-state index in [1.165, 1.54) is 10.5 Å². The lowest BCUT2D eigenvalue weighted by Crippen LogP contribution is -2.39. The number of aliphatic hydroxyl groups is 1. The Kier molecular flexibility index (Phi) is 4.94. The minimum atomic E-state index is -0.169. The van der Waals surface area contributed by atoms with E-state index in [1.54, 1.807) is 11.8 Å². The Labute approximate surface area is 124 Å². The average Bonchev–Trinajstić information content (AvgIpc) is 3.24. The summed E-state index contributed by atoms with van der Waals surface area (Å²) in [4.78, 5) is 13.0. The molecule has 0 atom stereocenters. The quantitative estimate of drug-likeness (QED) is 0.705. The molecule has 0 radical (unpaired) electrons. The number of benzene rings is 1. The maximum absolute atomic E-state index is 11.8. The molecule has 0 aromatic heterocycles. The number of aryl methyl sites for hydroxylation is 1. The summed E-state index contributed by atoms with van der Waals surface area (Å²) >= 11 is 1.69. The fourth-order valence-electron chi connectivity index (χ4n) is 2.07. The molecule has 110 valence electrons. The Hall–Kier alpha value is -1.20. The molecule has 0 saturated heterocycles. The highest BCUT2D eigenvalue weighted by atomic mass is 32.2. The predicted octanol–water partition coefficient (Wildman–Crippen LogP) is 2.29. The highest BCUT2D eigenvalue weighted by Gasteiger charge is 2.42. The van der Waals surface area contributed by atoms with Gasteiger partial charge in [-0.25, -0.2) is 4.79 Å². The van der Waals surface area contributed by atoms with E-state index >= 15 is 0 Å². The van der Waals surface area contributed by atoms with Gasteiger partial charge in [0, 0.05) is 23.4 Å². The van der Waals surface area contributed by atoms with Gasteiger partial charge in [-0.15, -0.1) is 11.8 Å². The van der Waals surface area contributed by atoms with E-state index in [-0.39, 0.29) is 18.1 Å². The summed E-state index contributed by atoms with van der Waals surface area (Å²) in [5, 5.41) is 14.9. The number of urea groups is 1. The molecular weight excluding hydrogens is 272 g/mol. The highest BCUT2D eigenvalue weighted by molar-refractivity contribution is 7.98. The highest BCUT2D eigenvalue weighted by Crippen LogP contribution is 2.44. The molecule has 0 spiro atoms. The van der Waals surface area contributed by atoms with Gasteiger partial charge in [0.1, 0.15) is 0 Å². The first kappa shape index (κ1) is 15.2. The topological polar surface area (TPSA) is 61.4 Å². The standard InChI is InChI=1S/C15H22N2O2S/c1-11-3-4-12(13(7-11)20-2)8-16-14(19)17-9-15(10-18)5-6-15/h3-4,7,18H,5-6,8-10H2,1-2H3,(H2,16,17,19). The van der Waals surface area contributed by atoms with Crippen molar-refractivity contribution in [1.82, 2.24) is 10.6 Å². The number of aliphatic hydroxyl groups excluding tert-OH is 1. The first-order chi connectivity index (χ1) is 9.58. The lowest BCUT2D eigenvalue weighted by Gasteiger charge is -2.14. The fourth-order valence-corrected chi connectivity index (χ4v) is 2.78. The number of amides is 2. The molecule has 1 aliphatic carbocycles. The van der Waals surface area contributed by atoms with Crippen molar-refractivity contribution in [2.45, 2.75) is 31.2 Å². The monoisotopic (exact) mass is 294 g/mol. The van der Waals surface area contributed by atoms with Crippen LogP contribution in [0.3, 0.4) is 0 Å². The van der Waals surface area contributed by atoms with Crippen LogP contribution in [0.1, 0.15) is 24.0 Å². The largest absolute Gasteiger partial charge is 0.396 e. The van der Waals surface area contributed by atoms with Crippen LogP contribution in [-0.4, -0.2) is 30.5 Å². The second-order valence-corrected chi connectivity index (χ2v) is 6.36. The first-order valence-corrected chi connectivity index (χ1v) is 8.07. The van der Waals surface area contributed by atoms with E-state index in [2.05, 4.69) is 35.8 Å². The van der Waals surface area contributed by atoms with E-state index in [0.29, 0.717) is 13.1 Å². The van der Waals surface area contributed by atoms with Crippen LogP contribution in [-0.2, 0) is 6.54 Å². The number of carbonyl (C=O) groups is 1. The third kappa shape index (κ3) is 3.90.